The fourth-order valence-corrected chi connectivity index (χ4v) is 8.29. The molecule has 1 heterocycles. The third-order valence-corrected chi connectivity index (χ3v) is 11.0. The molecule has 8 aromatic carbocycles. The van der Waals surface area contributed by atoms with Gasteiger partial charge in [0.2, 0.25) is 0 Å². The molecule has 246 valence electrons. The number of hydrogen-bond donors (Lipinski definition) is 0. The molecule has 0 amide bonds. The molecular formula is C50H35NO. The molecule has 1 aromatic heterocycles. The summed E-state index contributed by atoms with van der Waals surface area (Å²) >= 11 is 0. The number of furan rings is 1. The largest absolute Gasteiger partial charge is 0.456 e. The Morgan fingerprint density at radius 3 is 1.35 bits per heavy atom. The van der Waals surface area contributed by atoms with Gasteiger partial charge in [-0.3, -0.25) is 0 Å². The Labute approximate surface area is 303 Å². The van der Waals surface area contributed by atoms with E-state index in [4.69, 9.17) is 4.42 Å². The van der Waals surface area contributed by atoms with Gasteiger partial charge in [-0.15, -0.1) is 0 Å². The Kier molecular flexibility index (Phi) is 6.97. The minimum atomic E-state index is -0.282. The quantitative estimate of drug-likeness (QED) is 0.176. The van der Waals surface area contributed by atoms with E-state index in [1.54, 1.807) is 0 Å². The predicted octanol–water partition coefficient (Wildman–Crippen LogP) is 13.7. The van der Waals surface area contributed by atoms with Crippen LogP contribution in [0.15, 0.2) is 199 Å². The fourth-order valence-electron chi connectivity index (χ4n) is 8.29. The molecule has 0 atom stereocenters. The molecule has 0 N–H and O–H groups in total. The van der Waals surface area contributed by atoms with Gasteiger partial charge in [0, 0.05) is 33.2 Å². The zero-order valence-electron chi connectivity index (χ0n) is 28.8. The summed E-state index contributed by atoms with van der Waals surface area (Å²) < 4.78 is 6.50. The average Bonchev–Trinajstić information content (AvgIpc) is 3.72. The second-order valence-corrected chi connectivity index (χ2v) is 13.9. The molecule has 52 heavy (non-hydrogen) atoms. The maximum absolute atomic E-state index is 6.50. The molecule has 1 aliphatic rings. The second-order valence-electron chi connectivity index (χ2n) is 13.9. The van der Waals surface area contributed by atoms with Crippen LogP contribution in [0.2, 0.25) is 0 Å². The van der Waals surface area contributed by atoms with Crippen molar-refractivity contribution < 1.29 is 4.42 Å². The van der Waals surface area contributed by atoms with Crippen LogP contribution >= 0.6 is 0 Å². The van der Waals surface area contributed by atoms with Crippen molar-refractivity contribution in [3.8, 4) is 33.4 Å². The first-order chi connectivity index (χ1) is 25.6. The highest BCUT2D eigenvalue weighted by atomic mass is 16.3. The van der Waals surface area contributed by atoms with E-state index in [1.807, 2.05) is 0 Å². The van der Waals surface area contributed by atoms with Crippen molar-refractivity contribution in [2.75, 3.05) is 4.90 Å². The summed E-state index contributed by atoms with van der Waals surface area (Å²) in [4.78, 5) is 2.34. The van der Waals surface area contributed by atoms with E-state index in [-0.39, 0.29) is 5.41 Å². The summed E-state index contributed by atoms with van der Waals surface area (Å²) in [5.74, 6) is 0. The summed E-state index contributed by atoms with van der Waals surface area (Å²) in [5.41, 5.74) is 16.1. The normalized spacial score (nSPS) is 12.9. The first kappa shape index (κ1) is 30.2. The van der Waals surface area contributed by atoms with Crippen LogP contribution in [0.4, 0.5) is 17.1 Å². The summed E-state index contributed by atoms with van der Waals surface area (Å²) in [6.07, 6.45) is 0. The van der Waals surface area contributed by atoms with E-state index in [2.05, 4.69) is 206 Å². The highest BCUT2D eigenvalue weighted by Crippen LogP contribution is 2.53. The molecule has 0 aliphatic heterocycles. The fraction of sp³-hybridized carbons (Fsp3) is 0.0400. The summed E-state index contributed by atoms with van der Waals surface area (Å²) in [6.45, 7) is 2.37. The van der Waals surface area contributed by atoms with Gasteiger partial charge in [-0.05, 0) is 112 Å². The van der Waals surface area contributed by atoms with Crippen LogP contribution in [0, 0.1) is 0 Å². The summed E-state index contributed by atoms with van der Waals surface area (Å²) in [5, 5.41) is 2.22. The van der Waals surface area contributed by atoms with Crippen molar-refractivity contribution in [3.63, 3.8) is 0 Å². The van der Waals surface area contributed by atoms with E-state index >= 15 is 0 Å². The number of fused-ring (bicyclic) bond motifs is 6. The first-order valence-corrected chi connectivity index (χ1v) is 17.9. The second kappa shape index (κ2) is 12.0. The molecule has 0 radical (unpaired) electrons. The predicted molar refractivity (Wildman–Crippen MR) is 217 cm³/mol. The van der Waals surface area contributed by atoms with Crippen LogP contribution < -0.4 is 4.90 Å². The molecule has 9 aromatic rings. The first-order valence-electron chi connectivity index (χ1n) is 17.9. The maximum Gasteiger partial charge on any atom is 0.135 e. The number of anilines is 3. The molecule has 2 heteroatoms. The van der Waals surface area contributed by atoms with Crippen LogP contribution in [0.25, 0.3) is 55.3 Å². The molecule has 1 aliphatic carbocycles. The Hall–Kier alpha value is -6.64. The smallest absolute Gasteiger partial charge is 0.135 e. The highest BCUT2D eigenvalue weighted by Gasteiger charge is 2.40. The van der Waals surface area contributed by atoms with Gasteiger partial charge in [0.05, 0.1) is 0 Å². The molecule has 0 bridgehead atoms. The van der Waals surface area contributed by atoms with Crippen LogP contribution in [-0.2, 0) is 5.41 Å². The third kappa shape index (κ3) is 4.80. The lowest BCUT2D eigenvalue weighted by Gasteiger charge is -2.28. The SMILES string of the molecule is CC1(c2ccc3oc4ccc(N(c5ccc(-c6ccccc6)cc5)c5ccc(-c6ccccc6)cc5)cc4c3c2)c2ccccc2-c2ccccc21. The van der Waals surface area contributed by atoms with E-state index < -0.39 is 0 Å². The lowest BCUT2D eigenvalue weighted by Crippen LogP contribution is -2.22. The van der Waals surface area contributed by atoms with Crippen LogP contribution in [-0.4, -0.2) is 0 Å². The van der Waals surface area contributed by atoms with Crippen molar-refractivity contribution >= 4 is 39.0 Å². The molecule has 0 saturated carbocycles. The van der Waals surface area contributed by atoms with E-state index in [0.717, 1.165) is 39.0 Å². The Morgan fingerprint density at radius 1 is 0.385 bits per heavy atom. The maximum atomic E-state index is 6.50. The van der Waals surface area contributed by atoms with Crippen LogP contribution in [0.1, 0.15) is 23.6 Å². The monoisotopic (exact) mass is 665 g/mol. The van der Waals surface area contributed by atoms with Gasteiger partial charge >= 0.3 is 0 Å². The van der Waals surface area contributed by atoms with Gasteiger partial charge < -0.3 is 9.32 Å². The topological polar surface area (TPSA) is 16.4 Å². The van der Waals surface area contributed by atoms with Gasteiger partial charge in [-0.1, -0.05) is 140 Å². The number of hydrogen-bond acceptors (Lipinski definition) is 2. The molecule has 0 saturated heterocycles. The summed E-state index contributed by atoms with van der Waals surface area (Å²) in [7, 11) is 0. The van der Waals surface area contributed by atoms with Crippen molar-refractivity contribution in [2.24, 2.45) is 0 Å². The van der Waals surface area contributed by atoms with Crippen LogP contribution in [0.5, 0.6) is 0 Å². The number of benzene rings is 8. The Balaban J connectivity index is 1.12. The molecule has 0 spiro atoms. The van der Waals surface area contributed by atoms with Crippen molar-refractivity contribution in [2.45, 2.75) is 12.3 Å². The molecule has 0 unspecified atom stereocenters. The average molecular weight is 666 g/mol. The van der Waals surface area contributed by atoms with E-state index in [0.29, 0.717) is 0 Å². The molecule has 2 nitrogen and oxygen atoms in total. The summed E-state index contributed by atoms with van der Waals surface area (Å²) in [6, 6.07) is 69.9. The van der Waals surface area contributed by atoms with Gasteiger partial charge in [0.25, 0.3) is 0 Å². The van der Waals surface area contributed by atoms with Crippen LogP contribution in [0.3, 0.4) is 0 Å². The lowest BCUT2D eigenvalue weighted by molar-refractivity contribution is 0.667. The van der Waals surface area contributed by atoms with Gasteiger partial charge in [0.15, 0.2) is 0 Å². The minimum Gasteiger partial charge on any atom is -0.456 e. The lowest BCUT2D eigenvalue weighted by atomic mass is 9.74. The Morgan fingerprint density at radius 2 is 0.808 bits per heavy atom. The number of nitrogens with zero attached hydrogens (tertiary/aromatic N) is 1. The van der Waals surface area contributed by atoms with Crippen molar-refractivity contribution in [1.29, 1.82) is 0 Å². The van der Waals surface area contributed by atoms with Gasteiger partial charge in [-0.25, -0.2) is 0 Å². The minimum absolute atomic E-state index is 0.282. The van der Waals surface area contributed by atoms with E-state index in [1.165, 1.54) is 50.1 Å². The standard InChI is InChI=1S/C50H35NO/c1-50(46-18-10-8-16-42(46)43-17-9-11-19-47(43)50)38-24-30-48-44(32-38)45-33-41(29-31-49(45)52-48)51(39-25-20-36(21-26-39)34-12-4-2-5-13-34)40-27-22-37(23-28-40)35-14-6-3-7-15-35/h2-33H,1H3. The van der Waals surface area contributed by atoms with Crippen molar-refractivity contribution in [3.05, 3.63) is 211 Å². The zero-order valence-corrected chi connectivity index (χ0v) is 28.8. The van der Waals surface area contributed by atoms with E-state index in [9.17, 15) is 0 Å². The zero-order chi connectivity index (χ0) is 34.6. The molecule has 0 fully saturated rings. The van der Waals surface area contributed by atoms with Gasteiger partial charge in [0.1, 0.15) is 11.2 Å². The number of rotatable bonds is 6. The van der Waals surface area contributed by atoms with Gasteiger partial charge in [-0.2, -0.15) is 0 Å². The van der Waals surface area contributed by atoms with Crippen molar-refractivity contribution in [1.82, 2.24) is 0 Å². The Bertz CT molecular complexity index is 2600. The highest BCUT2D eigenvalue weighted by molar-refractivity contribution is 6.07. The third-order valence-electron chi connectivity index (χ3n) is 11.0. The molecular weight excluding hydrogens is 631 g/mol. The molecule has 10 rings (SSSR count).